The van der Waals surface area contributed by atoms with Crippen molar-refractivity contribution in [2.45, 2.75) is 51.5 Å². The molecule has 0 amide bonds. The first kappa shape index (κ1) is 23.9. The van der Waals surface area contributed by atoms with Crippen LogP contribution in [0.2, 0.25) is 0 Å². The molecule has 198 valence electrons. The van der Waals surface area contributed by atoms with E-state index < -0.39 is 0 Å². The van der Waals surface area contributed by atoms with E-state index in [-0.39, 0.29) is 16.9 Å². The smallest absolute Gasteiger partial charge is 0.317 e. The van der Waals surface area contributed by atoms with Gasteiger partial charge in [-0.25, -0.2) is 4.98 Å². The number of rotatable bonds is 5. The Morgan fingerprint density at radius 3 is 2.47 bits per heavy atom. The zero-order chi connectivity index (χ0) is 25.7. The van der Waals surface area contributed by atoms with E-state index in [0.29, 0.717) is 41.3 Å². The highest BCUT2D eigenvalue weighted by Crippen LogP contribution is 2.58. The van der Waals surface area contributed by atoms with Gasteiger partial charge in [0.2, 0.25) is 0 Å². The van der Waals surface area contributed by atoms with Crippen molar-refractivity contribution in [3.8, 4) is 5.75 Å². The van der Waals surface area contributed by atoms with E-state index in [1.165, 1.54) is 25.7 Å². The molecule has 8 rings (SSSR count). The number of carbonyl (C=O) groups excluding carboxylic acids is 1. The number of hydrogen-bond donors (Lipinski definition) is 1. The Morgan fingerprint density at radius 2 is 1.68 bits per heavy atom. The van der Waals surface area contributed by atoms with Crippen molar-refractivity contribution >= 4 is 22.6 Å². The van der Waals surface area contributed by atoms with E-state index in [4.69, 9.17) is 4.74 Å². The van der Waals surface area contributed by atoms with Crippen molar-refractivity contribution in [1.29, 1.82) is 0 Å². The number of nitrogens with one attached hydrogen (secondary N) is 1. The van der Waals surface area contributed by atoms with Crippen molar-refractivity contribution in [1.82, 2.24) is 14.9 Å². The molecule has 7 heteroatoms. The predicted octanol–water partition coefficient (Wildman–Crippen LogP) is 4.76. The van der Waals surface area contributed by atoms with E-state index in [1.54, 1.807) is 6.07 Å². The van der Waals surface area contributed by atoms with Crippen LogP contribution in [0, 0.1) is 23.2 Å². The fourth-order valence-electron chi connectivity index (χ4n) is 7.99. The van der Waals surface area contributed by atoms with Crippen molar-refractivity contribution in [3.63, 3.8) is 0 Å². The number of nitrogens with zero attached hydrogens (tertiary/aromatic N) is 3. The number of carbonyl (C=O) groups is 1. The summed E-state index contributed by atoms with van der Waals surface area (Å²) in [5.41, 5.74) is 1.49. The van der Waals surface area contributed by atoms with Crippen LogP contribution in [0.4, 0.5) is 5.69 Å². The summed E-state index contributed by atoms with van der Waals surface area (Å²) < 4.78 is 6.11. The van der Waals surface area contributed by atoms with Crippen molar-refractivity contribution in [3.05, 3.63) is 64.7 Å². The number of aromatic nitrogens is 2. The molecule has 5 aliphatic rings. The average Bonchev–Trinajstić information content (AvgIpc) is 3.14. The number of fused-ring (bicyclic) bond motifs is 2. The minimum atomic E-state index is -0.258. The van der Waals surface area contributed by atoms with E-state index in [0.717, 1.165) is 56.6 Å². The van der Waals surface area contributed by atoms with Crippen LogP contribution in [0.3, 0.4) is 0 Å². The molecule has 2 atom stereocenters. The largest absolute Gasteiger partial charge is 0.426 e. The Hall–Kier alpha value is -3.19. The summed E-state index contributed by atoms with van der Waals surface area (Å²) in [4.78, 5) is 38.3. The quantitative estimate of drug-likeness (QED) is 0.392. The first-order valence-electron chi connectivity index (χ1n) is 14.3. The third kappa shape index (κ3) is 4.51. The summed E-state index contributed by atoms with van der Waals surface area (Å²) in [6, 6.07) is 15.5. The van der Waals surface area contributed by atoms with Crippen LogP contribution < -0.4 is 15.2 Å². The van der Waals surface area contributed by atoms with Gasteiger partial charge < -0.3 is 14.6 Å². The molecule has 2 heterocycles. The summed E-state index contributed by atoms with van der Waals surface area (Å²) >= 11 is 0. The minimum absolute atomic E-state index is 0.0117. The monoisotopic (exact) mass is 512 g/mol. The standard InChI is InChI=1S/C31H36N4O3/c36-29-26-6-1-2-7-27(26)32-28(33-29)20-34-10-12-35(13-11-34)24-4-3-5-25(16-24)38-30(37)31-17-21-8-9-22(18-31)15-23(14-21)19-31/h1-7,16,21-23H,8-15,17-20H2,(H,32,33,36). The van der Waals surface area contributed by atoms with Gasteiger partial charge in [-0.05, 0) is 74.1 Å². The molecule has 2 unspecified atom stereocenters. The Balaban J connectivity index is 0.993. The SMILES string of the molecule is O=C(Oc1cccc(N2CCN(Cc3nc4ccccc4c(=O)[nH]3)CC2)c1)C12CC3CCC(CC(C3)C1)C2. The lowest BCUT2D eigenvalue weighted by Gasteiger charge is -2.46. The fourth-order valence-corrected chi connectivity index (χ4v) is 7.99. The van der Waals surface area contributed by atoms with Crippen LogP contribution in [-0.2, 0) is 11.3 Å². The molecular weight excluding hydrogens is 476 g/mol. The summed E-state index contributed by atoms with van der Waals surface area (Å²) in [6.45, 7) is 4.09. The lowest BCUT2D eigenvalue weighted by molar-refractivity contribution is -0.154. The van der Waals surface area contributed by atoms with E-state index in [1.807, 2.05) is 36.4 Å². The number of ether oxygens (including phenoxy) is 1. The fraction of sp³-hybridized carbons (Fsp3) is 0.516. The third-order valence-electron chi connectivity index (χ3n) is 9.59. The van der Waals surface area contributed by atoms with Crippen LogP contribution in [0.5, 0.6) is 5.75 Å². The Morgan fingerprint density at radius 1 is 0.947 bits per heavy atom. The van der Waals surface area contributed by atoms with Crippen molar-refractivity contribution in [2.75, 3.05) is 31.1 Å². The second-order valence-corrected chi connectivity index (χ2v) is 12.2. The molecule has 0 spiro atoms. The molecular formula is C31H36N4O3. The van der Waals surface area contributed by atoms with Gasteiger partial charge in [-0.15, -0.1) is 0 Å². The molecule has 4 aliphatic carbocycles. The number of benzene rings is 2. The summed E-state index contributed by atoms with van der Waals surface area (Å²) in [5, 5.41) is 0.625. The topological polar surface area (TPSA) is 78.5 Å². The zero-order valence-electron chi connectivity index (χ0n) is 21.9. The number of anilines is 1. The summed E-state index contributed by atoms with van der Waals surface area (Å²) in [7, 11) is 0. The molecule has 3 aromatic rings. The molecule has 4 saturated carbocycles. The summed E-state index contributed by atoms with van der Waals surface area (Å²) in [6.07, 6.45) is 8.31. The molecule has 5 fully saturated rings. The van der Waals surface area contributed by atoms with Gasteiger partial charge in [0.15, 0.2) is 0 Å². The van der Waals surface area contributed by atoms with Crippen LogP contribution in [0.1, 0.15) is 50.8 Å². The maximum atomic E-state index is 13.6. The van der Waals surface area contributed by atoms with Gasteiger partial charge in [-0.2, -0.15) is 0 Å². The molecule has 4 bridgehead atoms. The maximum absolute atomic E-state index is 13.6. The van der Waals surface area contributed by atoms with Crippen LogP contribution in [0.25, 0.3) is 10.9 Å². The van der Waals surface area contributed by atoms with Crippen LogP contribution in [0.15, 0.2) is 53.3 Å². The number of piperazine rings is 1. The molecule has 2 aromatic carbocycles. The second-order valence-electron chi connectivity index (χ2n) is 12.2. The van der Waals surface area contributed by atoms with E-state index in [2.05, 4.69) is 25.8 Å². The average molecular weight is 513 g/mol. The van der Waals surface area contributed by atoms with Crippen molar-refractivity contribution in [2.24, 2.45) is 23.2 Å². The Bertz CT molecular complexity index is 1390. The van der Waals surface area contributed by atoms with Gasteiger partial charge in [0.1, 0.15) is 11.6 Å². The number of aromatic amines is 1. The van der Waals surface area contributed by atoms with Crippen LogP contribution in [-0.4, -0.2) is 47.0 Å². The Kier molecular flexibility index (Phi) is 5.99. The first-order valence-corrected chi connectivity index (χ1v) is 14.3. The van der Waals surface area contributed by atoms with Gasteiger partial charge in [0, 0.05) is 37.9 Å². The highest BCUT2D eigenvalue weighted by atomic mass is 16.5. The van der Waals surface area contributed by atoms with Crippen molar-refractivity contribution < 1.29 is 9.53 Å². The van der Waals surface area contributed by atoms with Gasteiger partial charge in [-0.3, -0.25) is 14.5 Å². The molecule has 0 radical (unpaired) electrons. The maximum Gasteiger partial charge on any atom is 0.317 e. The molecule has 1 saturated heterocycles. The molecule has 1 N–H and O–H groups in total. The second kappa shape index (κ2) is 9.53. The first-order chi connectivity index (χ1) is 18.5. The predicted molar refractivity (Wildman–Crippen MR) is 147 cm³/mol. The van der Waals surface area contributed by atoms with Gasteiger partial charge in [-0.1, -0.05) is 31.0 Å². The molecule has 7 nitrogen and oxygen atoms in total. The highest BCUT2D eigenvalue weighted by Gasteiger charge is 2.53. The number of hydrogen-bond acceptors (Lipinski definition) is 6. The third-order valence-corrected chi connectivity index (χ3v) is 9.59. The zero-order valence-corrected chi connectivity index (χ0v) is 21.9. The minimum Gasteiger partial charge on any atom is -0.426 e. The van der Waals surface area contributed by atoms with Gasteiger partial charge in [0.05, 0.1) is 22.9 Å². The lowest BCUT2D eigenvalue weighted by atomic mass is 9.58. The van der Waals surface area contributed by atoms with E-state index in [9.17, 15) is 9.59 Å². The number of para-hydroxylation sites is 1. The molecule has 1 aliphatic heterocycles. The van der Waals surface area contributed by atoms with E-state index >= 15 is 0 Å². The highest BCUT2D eigenvalue weighted by molar-refractivity contribution is 5.80. The van der Waals surface area contributed by atoms with Crippen LogP contribution >= 0.6 is 0 Å². The van der Waals surface area contributed by atoms with Gasteiger partial charge in [0.25, 0.3) is 5.56 Å². The molecule has 1 aromatic heterocycles. The Labute approximate surface area is 223 Å². The summed E-state index contributed by atoms with van der Waals surface area (Å²) in [5.74, 6) is 3.52. The normalized spacial score (nSPS) is 28.9. The van der Waals surface area contributed by atoms with Gasteiger partial charge >= 0.3 is 5.97 Å². The number of esters is 1. The molecule has 38 heavy (non-hydrogen) atoms. The number of H-pyrrole nitrogens is 1. The lowest BCUT2D eigenvalue weighted by Crippen LogP contribution is -2.46.